The smallest absolute Gasteiger partial charge is 0.336 e. The van der Waals surface area contributed by atoms with Crippen molar-refractivity contribution in [3.8, 4) is 0 Å². The Hall–Kier alpha value is -1.61. The van der Waals surface area contributed by atoms with Crippen molar-refractivity contribution in [3.63, 3.8) is 0 Å². The molecule has 3 rings (SSSR count). The number of fused-ring (bicyclic) bond motifs is 2. The average molecular weight is 262 g/mol. The Bertz CT molecular complexity index is 679. The van der Waals surface area contributed by atoms with Crippen LogP contribution in [0.2, 0.25) is 5.02 Å². The number of aryl methyl sites for hydroxylation is 2. The van der Waals surface area contributed by atoms with Crippen LogP contribution < -0.4 is 0 Å². The molecule has 92 valence electrons. The Balaban J connectivity index is 2.49. The van der Waals surface area contributed by atoms with Gasteiger partial charge in [-0.3, -0.25) is 4.98 Å². The lowest BCUT2D eigenvalue weighted by Gasteiger charge is -2.11. The predicted molar refractivity (Wildman–Crippen MR) is 70.5 cm³/mol. The normalized spacial score (nSPS) is 13.9. The number of carbonyl (C=O) groups is 1. The molecule has 0 saturated carbocycles. The highest BCUT2D eigenvalue weighted by Crippen LogP contribution is 2.33. The number of hydrogen-bond donors (Lipinski definition) is 1. The third-order valence-electron chi connectivity index (χ3n) is 3.59. The van der Waals surface area contributed by atoms with Crippen molar-refractivity contribution in [2.45, 2.75) is 26.2 Å². The van der Waals surface area contributed by atoms with Gasteiger partial charge in [-0.1, -0.05) is 17.7 Å². The number of benzene rings is 1. The van der Waals surface area contributed by atoms with Gasteiger partial charge < -0.3 is 5.11 Å². The third kappa shape index (κ3) is 1.51. The van der Waals surface area contributed by atoms with Gasteiger partial charge in [-0.05, 0) is 43.4 Å². The maximum atomic E-state index is 11.5. The minimum absolute atomic E-state index is 0.410. The molecule has 0 bridgehead atoms. The molecule has 1 aromatic carbocycles. The van der Waals surface area contributed by atoms with E-state index in [1.807, 2.05) is 6.92 Å². The van der Waals surface area contributed by atoms with Gasteiger partial charge in [0.15, 0.2) is 0 Å². The van der Waals surface area contributed by atoms with E-state index in [4.69, 9.17) is 11.6 Å². The zero-order valence-electron chi connectivity index (χ0n) is 9.96. The summed E-state index contributed by atoms with van der Waals surface area (Å²) in [4.78, 5) is 16.1. The summed E-state index contributed by atoms with van der Waals surface area (Å²) in [5.41, 5.74) is 3.81. The molecule has 1 aromatic heterocycles. The Morgan fingerprint density at radius 2 is 2.17 bits per heavy atom. The summed E-state index contributed by atoms with van der Waals surface area (Å²) in [7, 11) is 0. The van der Waals surface area contributed by atoms with E-state index in [1.165, 1.54) is 0 Å². The Kier molecular flexibility index (Phi) is 2.52. The fourth-order valence-corrected chi connectivity index (χ4v) is 2.84. The highest BCUT2D eigenvalue weighted by Gasteiger charge is 2.24. The van der Waals surface area contributed by atoms with Crippen molar-refractivity contribution < 1.29 is 9.90 Å². The van der Waals surface area contributed by atoms with Gasteiger partial charge in [0.2, 0.25) is 0 Å². The molecule has 0 unspecified atom stereocenters. The lowest BCUT2D eigenvalue weighted by molar-refractivity contribution is 0.0698. The van der Waals surface area contributed by atoms with Crippen LogP contribution in [0.3, 0.4) is 0 Å². The summed E-state index contributed by atoms with van der Waals surface area (Å²) in [6, 6.07) is 3.51. The van der Waals surface area contributed by atoms with Crippen molar-refractivity contribution >= 4 is 28.5 Å². The molecule has 1 heterocycles. The van der Waals surface area contributed by atoms with Crippen molar-refractivity contribution in [2.75, 3.05) is 0 Å². The first-order valence-corrected chi connectivity index (χ1v) is 6.31. The van der Waals surface area contributed by atoms with Crippen LogP contribution in [-0.4, -0.2) is 16.1 Å². The molecule has 0 spiro atoms. The number of aromatic nitrogens is 1. The van der Waals surface area contributed by atoms with Crippen LogP contribution in [0.15, 0.2) is 12.1 Å². The summed E-state index contributed by atoms with van der Waals surface area (Å²) >= 11 is 6.08. The predicted octanol–water partition coefficient (Wildman–Crippen LogP) is 3.38. The molecule has 0 saturated heterocycles. The van der Waals surface area contributed by atoms with E-state index in [0.717, 1.165) is 41.6 Å². The molecular formula is C14H12ClNO2. The van der Waals surface area contributed by atoms with Gasteiger partial charge in [0, 0.05) is 16.1 Å². The molecule has 1 N–H and O–H groups in total. The first-order chi connectivity index (χ1) is 8.59. The summed E-state index contributed by atoms with van der Waals surface area (Å²) in [5.74, 6) is -0.873. The van der Waals surface area contributed by atoms with Crippen molar-refractivity contribution in [1.82, 2.24) is 4.98 Å². The van der Waals surface area contributed by atoms with E-state index in [1.54, 1.807) is 12.1 Å². The molecule has 0 aliphatic heterocycles. The van der Waals surface area contributed by atoms with Crippen LogP contribution in [0.4, 0.5) is 0 Å². The molecule has 1 aliphatic carbocycles. The fraction of sp³-hybridized carbons (Fsp3) is 0.286. The van der Waals surface area contributed by atoms with Crippen LogP contribution in [0, 0.1) is 6.92 Å². The molecule has 1 aliphatic rings. The SMILES string of the molecule is Cc1c(Cl)ccc2c(C(=O)O)c3c(nc12)CCC3. The molecule has 0 atom stereocenters. The molecule has 3 nitrogen and oxygen atoms in total. The van der Waals surface area contributed by atoms with Crippen LogP contribution in [-0.2, 0) is 12.8 Å². The lowest BCUT2D eigenvalue weighted by atomic mass is 9.99. The number of halogens is 1. The summed E-state index contributed by atoms with van der Waals surface area (Å²) in [6.45, 7) is 1.88. The number of hydrogen-bond acceptors (Lipinski definition) is 2. The summed E-state index contributed by atoms with van der Waals surface area (Å²) in [6.07, 6.45) is 2.64. The second-order valence-electron chi connectivity index (χ2n) is 4.64. The number of carboxylic acids is 1. The van der Waals surface area contributed by atoms with Crippen LogP contribution in [0.5, 0.6) is 0 Å². The largest absolute Gasteiger partial charge is 0.478 e. The monoisotopic (exact) mass is 261 g/mol. The van der Waals surface area contributed by atoms with Gasteiger partial charge in [-0.15, -0.1) is 0 Å². The number of rotatable bonds is 1. The molecule has 0 fully saturated rings. The molecule has 18 heavy (non-hydrogen) atoms. The zero-order valence-corrected chi connectivity index (χ0v) is 10.7. The third-order valence-corrected chi connectivity index (χ3v) is 3.99. The van der Waals surface area contributed by atoms with E-state index in [2.05, 4.69) is 4.98 Å². The summed E-state index contributed by atoms with van der Waals surface area (Å²) in [5, 5.41) is 10.8. The second kappa shape index (κ2) is 3.95. The number of pyridine rings is 1. The maximum absolute atomic E-state index is 11.5. The average Bonchev–Trinajstić information content (AvgIpc) is 2.79. The highest BCUT2D eigenvalue weighted by atomic mass is 35.5. The van der Waals surface area contributed by atoms with Gasteiger partial charge >= 0.3 is 5.97 Å². The van der Waals surface area contributed by atoms with Gasteiger partial charge in [-0.2, -0.15) is 0 Å². The molecular weight excluding hydrogens is 250 g/mol. The van der Waals surface area contributed by atoms with E-state index >= 15 is 0 Å². The number of nitrogens with zero attached hydrogens (tertiary/aromatic N) is 1. The van der Waals surface area contributed by atoms with Crippen molar-refractivity contribution in [2.24, 2.45) is 0 Å². The topological polar surface area (TPSA) is 50.2 Å². The Morgan fingerprint density at radius 3 is 2.89 bits per heavy atom. The fourth-order valence-electron chi connectivity index (χ4n) is 2.68. The highest BCUT2D eigenvalue weighted by molar-refractivity contribution is 6.32. The van der Waals surface area contributed by atoms with Gasteiger partial charge in [-0.25, -0.2) is 4.79 Å². The second-order valence-corrected chi connectivity index (χ2v) is 5.05. The van der Waals surface area contributed by atoms with Crippen LogP contribution in [0.1, 0.15) is 33.6 Å². The Labute approximate surface area is 109 Å². The van der Waals surface area contributed by atoms with E-state index in [-0.39, 0.29) is 0 Å². The van der Waals surface area contributed by atoms with Gasteiger partial charge in [0.05, 0.1) is 11.1 Å². The maximum Gasteiger partial charge on any atom is 0.336 e. The van der Waals surface area contributed by atoms with Crippen LogP contribution >= 0.6 is 11.6 Å². The first kappa shape index (κ1) is 11.5. The Morgan fingerprint density at radius 1 is 1.39 bits per heavy atom. The van der Waals surface area contributed by atoms with Crippen molar-refractivity contribution in [3.05, 3.63) is 39.5 Å². The zero-order chi connectivity index (χ0) is 12.9. The van der Waals surface area contributed by atoms with Crippen LogP contribution in [0.25, 0.3) is 10.9 Å². The standard InChI is InChI=1S/C14H12ClNO2/c1-7-10(15)6-5-9-12(14(17)18)8-3-2-4-11(8)16-13(7)9/h5-6H,2-4H2,1H3,(H,17,18). The van der Waals surface area contributed by atoms with Crippen molar-refractivity contribution in [1.29, 1.82) is 0 Å². The molecule has 0 radical (unpaired) electrons. The molecule has 4 heteroatoms. The van der Waals surface area contributed by atoms with E-state index in [0.29, 0.717) is 16.0 Å². The van der Waals surface area contributed by atoms with E-state index in [9.17, 15) is 9.90 Å². The first-order valence-electron chi connectivity index (χ1n) is 5.93. The number of carboxylic acid groups (broad SMARTS) is 1. The summed E-state index contributed by atoms with van der Waals surface area (Å²) < 4.78 is 0. The van der Waals surface area contributed by atoms with Gasteiger partial charge in [0.25, 0.3) is 0 Å². The quantitative estimate of drug-likeness (QED) is 0.856. The molecule has 0 amide bonds. The minimum Gasteiger partial charge on any atom is -0.478 e. The number of aromatic carboxylic acids is 1. The lowest BCUT2D eigenvalue weighted by Crippen LogP contribution is -2.06. The van der Waals surface area contributed by atoms with E-state index < -0.39 is 5.97 Å². The molecule has 2 aromatic rings. The van der Waals surface area contributed by atoms with Gasteiger partial charge in [0.1, 0.15) is 0 Å². The minimum atomic E-state index is -0.873.